The van der Waals surface area contributed by atoms with Crippen LogP contribution < -0.4 is 24.9 Å². The Kier molecular flexibility index (Phi) is 14.6. The number of rotatable bonds is 4. The number of hydrogen-bond acceptors (Lipinski definition) is 24. The Morgan fingerprint density at radius 2 is 0.688 bits per heavy atom. The van der Waals surface area contributed by atoms with Crippen LogP contribution in [-0.2, 0) is 0 Å². The Balaban J connectivity index is 0.000000152. The fourth-order valence-electron chi connectivity index (χ4n) is 3.52. The van der Waals surface area contributed by atoms with E-state index in [2.05, 4.69) is 25.0 Å². The van der Waals surface area contributed by atoms with Gasteiger partial charge in [-0.15, -0.1) is 92.4 Å². The highest BCUT2D eigenvalue weighted by atomic mass is 32.3. The molecule has 4 aliphatic rings. The molecule has 24 heteroatoms. The van der Waals surface area contributed by atoms with E-state index in [9.17, 15) is 9.59 Å². The van der Waals surface area contributed by atoms with Crippen molar-refractivity contribution in [1.29, 1.82) is 0 Å². The lowest BCUT2D eigenvalue weighted by Crippen LogP contribution is -1.96. The summed E-state index contributed by atoms with van der Waals surface area (Å²) in [7, 11) is 0. The van der Waals surface area contributed by atoms with Crippen LogP contribution in [-0.4, -0.2) is 25.0 Å². The van der Waals surface area contributed by atoms with Crippen molar-refractivity contribution in [2.45, 2.75) is 16.8 Å². The third-order valence-electron chi connectivity index (χ3n) is 5.43. The minimum atomic E-state index is 0.182. The second-order valence-electron chi connectivity index (χ2n) is 8.21. The molecule has 48 heavy (non-hydrogen) atoms. The lowest BCUT2D eigenvalue weighted by Gasteiger charge is -1.94. The van der Waals surface area contributed by atoms with Gasteiger partial charge in [0.2, 0.25) is 0 Å². The normalized spacial score (nSPS) is 17.2. The molecule has 4 aromatic heterocycles. The van der Waals surface area contributed by atoms with Crippen LogP contribution in [0, 0.1) is 7.65 Å². The van der Waals surface area contributed by atoms with Crippen LogP contribution in [0.3, 0.4) is 0 Å². The van der Waals surface area contributed by atoms with Gasteiger partial charge in [-0.2, -0.15) is 0 Å². The second kappa shape index (κ2) is 17.7. The summed E-state index contributed by atoms with van der Waals surface area (Å²) in [6.07, 6.45) is 8.54. The van der Waals surface area contributed by atoms with E-state index in [4.69, 9.17) is 24.4 Å². The first-order valence-corrected chi connectivity index (χ1v) is 31.1. The quantitative estimate of drug-likeness (QED) is 0.182. The molecule has 0 unspecified atom stereocenters. The zero-order valence-electron chi connectivity index (χ0n) is 23.8. The summed E-state index contributed by atoms with van der Waals surface area (Å²) in [6, 6.07) is 0. The molecule has 0 N–H and O–H groups in total. The van der Waals surface area contributed by atoms with Gasteiger partial charge in [0.1, 0.15) is 15.3 Å². The molecule has 0 fully saturated rings. The maximum atomic E-state index is 11.5. The first-order valence-electron chi connectivity index (χ1n) is 12.3. The molecule has 0 atom stereocenters. The van der Waals surface area contributed by atoms with Crippen LogP contribution >= 0.6 is 256 Å². The average Bonchev–Trinajstić information content (AvgIpc) is 3.90. The van der Waals surface area contributed by atoms with E-state index < -0.39 is 0 Å². The van der Waals surface area contributed by atoms with Gasteiger partial charge in [0, 0.05) is 0 Å². The first kappa shape index (κ1) is 39.6. The number of thioether (sulfide) groups is 12. The molecule has 0 saturated heterocycles. The van der Waals surface area contributed by atoms with Crippen LogP contribution in [0.4, 0.5) is 0 Å². The number of fused-ring (bicyclic) bond motifs is 2. The van der Waals surface area contributed by atoms with Crippen LogP contribution in [0.15, 0.2) is 43.4 Å². The van der Waals surface area contributed by atoms with E-state index in [-0.39, 0.29) is 8.11 Å². The fourth-order valence-corrected chi connectivity index (χ4v) is 32.4. The highest BCUT2D eigenvalue weighted by Crippen LogP contribution is 2.59. The van der Waals surface area contributed by atoms with Crippen molar-refractivity contribution in [3.05, 3.63) is 59.1 Å². The third kappa shape index (κ3) is 8.69. The topological polar surface area (TPSA) is 34.1 Å². The summed E-state index contributed by atoms with van der Waals surface area (Å²) >= 11 is 45.3. The summed E-state index contributed by atoms with van der Waals surface area (Å²) in [4.78, 5) is 23.0. The molecule has 8 heterocycles. The summed E-state index contributed by atoms with van der Waals surface area (Å²) in [5.74, 6) is 0. The zero-order valence-corrected chi connectivity index (χ0v) is 41.8. The van der Waals surface area contributed by atoms with Crippen molar-refractivity contribution in [2.75, 3.05) is 25.0 Å². The Bertz CT molecular complexity index is 2230. The van der Waals surface area contributed by atoms with Crippen molar-refractivity contribution in [2.24, 2.45) is 0 Å². The molecule has 2 nitrogen and oxygen atoms in total. The van der Waals surface area contributed by atoms with Crippen molar-refractivity contribution < 1.29 is 0 Å². The van der Waals surface area contributed by atoms with Crippen molar-refractivity contribution in [3.8, 4) is 0 Å². The minimum absolute atomic E-state index is 0.182. The maximum absolute atomic E-state index is 11.5. The average molecular weight is 1040 g/mol. The molecule has 0 amide bonds. The van der Waals surface area contributed by atoms with E-state index in [0.717, 1.165) is 24.5 Å². The molecule has 0 radical (unpaired) electrons. The van der Waals surface area contributed by atoms with E-state index >= 15 is 0 Å². The number of hydrogen-bond donors (Lipinski definition) is 0. The minimum Gasteiger partial charge on any atom is -0.265 e. The fraction of sp³-hybridized carbons (Fsp3) is 0.167. The SMILES string of the molecule is CSC1=C(SC)SC(=c2sc(=S)c(=C3Sc4sc(=O)sc4S3)s2)S1.CSC1=C(SC)SC(=c2sc(=S)c(=C3Sc4sc(=O)sc4S3)s2)S1. The smallest absolute Gasteiger partial charge is 0.265 e. The van der Waals surface area contributed by atoms with E-state index in [1.807, 2.05) is 94.1 Å². The van der Waals surface area contributed by atoms with Gasteiger partial charge in [-0.1, -0.05) is 164 Å². The Morgan fingerprint density at radius 3 is 0.958 bits per heavy atom. The molecule has 4 aromatic rings. The summed E-state index contributed by atoms with van der Waals surface area (Å²) in [5.41, 5.74) is 0. The summed E-state index contributed by atoms with van der Waals surface area (Å²) in [6.45, 7) is 0. The molecule has 0 bridgehead atoms. The lowest BCUT2D eigenvalue weighted by atomic mass is 10.9. The van der Waals surface area contributed by atoms with Gasteiger partial charge >= 0.3 is 0 Å². The van der Waals surface area contributed by atoms with Gasteiger partial charge in [0.25, 0.3) is 8.11 Å². The van der Waals surface area contributed by atoms with Crippen LogP contribution in [0.25, 0.3) is 16.9 Å². The van der Waals surface area contributed by atoms with Gasteiger partial charge in [0.05, 0.1) is 59.8 Å². The molecular formula is C24H12O2S22. The molecule has 4 aliphatic heterocycles. The summed E-state index contributed by atoms with van der Waals surface area (Å²) < 4.78 is 22.5. The van der Waals surface area contributed by atoms with Crippen molar-refractivity contribution in [1.82, 2.24) is 0 Å². The third-order valence-corrected chi connectivity index (χ3v) is 33.8. The van der Waals surface area contributed by atoms with Gasteiger partial charge in [0.15, 0.2) is 0 Å². The lowest BCUT2D eigenvalue weighted by molar-refractivity contribution is 1.56. The van der Waals surface area contributed by atoms with E-state index in [1.54, 1.807) is 92.4 Å². The largest absolute Gasteiger partial charge is 0.289 e. The van der Waals surface area contributed by atoms with Gasteiger partial charge < -0.3 is 0 Å². The zero-order chi connectivity index (χ0) is 33.7. The molecule has 0 spiro atoms. The highest BCUT2D eigenvalue weighted by Gasteiger charge is 2.27. The standard InChI is InChI=1S/2C12H6OS11/c2*1-15-6-7(16-2)22-9(21-6)8-17-3(4(14)18-8)5-19-10-11(20-5)24-12(13)23-10/h2*1-2H3. The molecule has 0 aromatic carbocycles. The molecule has 8 rings (SSSR count). The Labute approximate surface area is 368 Å². The van der Waals surface area contributed by atoms with Gasteiger partial charge in [-0.05, 0) is 25.0 Å². The van der Waals surface area contributed by atoms with E-state index in [0.29, 0.717) is 0 Å². The molecular weight excluding hydrogens is 1030 g/mol. The monoisotopic (exact) mass is 1040 g/mol. The van der Waals surface area contributed by atoms with Crippen molar-refractivity contribution >= 4 is 273 Å². The van der Waals surface area contributed by atoms with Gasteiger partial charge in [-0.3, -0.25) is 9.59 Å². The second-order valence-corrected chi connectivity index (χ2v) is 33.1. The van der Waals surface area contributed by atoms with Crippen molar-refractivity contribution in [3.63, 3.8) is 0 Å². The van der Waals surface area contributed by atoms with Crippen LogP contribution in [0.5, 0.6) is 0 Å². The molecule has 0 aliphatic carbocycles. The van der Waals surface area contributed by atoms with Gasteiger partial charge in [-0.25, -0.2) is 0 Å². The summed E-state index contributed by atoms with van der Waals surface area (Å²) in [5, 5.41) is 0. The first-order chi connectivity index (χ1) is 23.2. The Morgan fingerprint density at radius 1 is 0.396 bits per heavy atom. The predicted octanol–water partition coefficient (Wildman–Crippen LogP) is 12.8. The predicted molar refractivity (Wildman–Crippen MR) is 257 cm³/mol. The van der Waals surface area contributed by atoms with E-state index in [1.165, 1.54) is 96.0 Å². The molecule has 0 saturated carbocycles. The highest BCUT2D eigenvalue weighted by molar-refractivity contribution is 8.46. The van der Waals surface area contributed by atoms with Crippen LogP contribution in [0.1, 0.15) is 0 Å². The maximum Gasteiger partial charge on any atom is 0.289 e. The molecule has 252 valence electrons. The Hall–Kier alpha value is 3.40. The van der Waals surface area contributed by atoms with Crippen LogP contribution in [0.2, 0.25) is 0 Å².